The van der Waals surface area contributed by atoms with Gasteiger partial charge in [-0.3, -0.25) is 14.5 Å². The van der Waals surface area contributed by atoms with Crippen molar-refractivity contribution in [3.8, 4) is 28.4 Å². The van der Waals surface area contributed by atoms with Gasteiger partial charge in [-0.1, -0.05) is 23.8 Å². The molecule has 0 radical (unpaired) electrons. The lowest BCUT2D eigenvalue weighted by atomic mass is 10.1. The summed E-state index contributed by atoms with van der Waals surface area (Å²) in [6, 6.07) is 15.6. The molecule has 31 heavy (non-hydrogen) atoms. The van der Waals surface area contributed by atoms with Crippen LogP contribution in [0.15, 0.2) is 48.5 Å². The lowest BCUT2D eigenvalue weighted by Crippen LogP contribution is -2.19. The molecule has 4 aromatic rings. The number of hydrogen-bond acceptors (Lipinski definition) is 6. The van der Waals surface area contributed by atoms with Gasteiger partial charge in [-0.25, -0.2) is 4.98 Å². The van der Waals surface area contributed by atoms with Crippen molar-refractivity contribution in [3.63, 3.8) is 0 Å². The molecular formula is C22H21N5O2S2. The summed E-state index contributed by atoms with van der Waals surface area (Å²) in [4.78, 5) is 18.4. The third-order valence-electron chi connectivity index (χ3n) is 4.74. The zero-order valence-corrected chi connectivity index (χ0v) is 18.9. The molecule has 1 amide bonds. The van der Waals surface area contributed by atoms with Crippen LogP contribution in [0.4, 0.5) is 5.13 Å². The van der Waals surface area contributed by atoms with E-state index in [0.717, 1.165) is 33.0 Å². The molecule has 0 saturated heterocycles. The van der Waals surface area contributed by atoms with Crippen molar-refractivity contribution in [3.05, 3.63) is 63.7 Å². The van der Waals surface area contributed by atoms with Gasteiger partial charge < -0.3 is 10.1 Å². The van der Waals surface area contributed by atoms with Gasteiger partial charge in [0.1, 0.15) is 12.3 Å². The zero-order chi connectivity index (χ0) is 22.0. The molecule has 158 valence electrons. The van der Waals surface area contributed by atoms with Crippen molar-refractivity contribution in [2.75, 3.05) is 12.4 Å². The first kappa shape index (κ1) is 21.0. The van der Waals surface area contributed by atoms with Crippen LogP contribution in [0.5, 0.6) is 5.75 Å². The Bertz CT molecular complexity index is 1290. The first-order chi connectivity index (χ1) is 14.9. The summed E-state index contributed by atoms with van der Waals surface area (Å²) >= 11 is 6.77. The minimum atomic E-state index is -0.221. The van der Waals surface area contributed by atoms with Crippen molar-refractivity contribution < 1.29 is 9.53 Å². The van der Waals surface area contributed by atoms with Crippen LogP contribution in [-0.4, -0.2) is 32.8 Å². The molecular weight excluding hydrogens is 430 g/mol. The number of aromatic amines is 1. The number of aryl methyl sites for hydroxylation is 2. The molecule has 0 aliphatic carbocycles. The lowest BCUT2D eigenvalue weighted by molar-refractivity contribution is -0.116. The fourth-order valence-corrected chi connectivity index (χ4v) is 4.29. The number of hydrogen-bond donors (Lipinski definition) is 2. The van der Waals surface area contributed by atoms with Crippen LogP contribution in [-0.2, 0) is 11.3 Å². The highest BCUT2D eigenvalue weighted by molar-refractivity contribution is 7.71. The van der Waals surface area contributed by atoms with Gasteiger partial charge >= 0.3 is 0 Å². The van der Waals surface area contributed by atoms with Crippen LogP contribution < -0.4 is 10.1 Å². The molecule has 7 nitrogen and oxygen atoms in total. The predicted octanol–water partition coefficient (Wildman–Crippen LogP) is 5.00. The number of nitrogens with zero attached hydrogens (tertiary/aromatic N) is 3. The van der Waals surface area contributed by atoms with Gasteiger partial charge in [0.25, 0.3) is 0 Å². The van der Waals surface area contributed by atoms with Gasteiger partial charge in [0, 0.05) is 16.0 Å². The monoisotopic (exact) mass is 451 g/mol. The van der Waals surface area contributed by atoms with Gasteiger partial charge in [-0.15, -0.1) is 11.3 Å². The Morgan fingerprint density at radius 1 is 1.19 bits per heavy atom. The molecule has 0 saturated carbocycles. The summed E-state index contributed by atoms with van der Waals surface area (Å²) in [5.41, 5.74) is 3.80. The number of methoxy groups -OCH3 is 1. The lowest BCUT2D eigenvalue weighted by Gasteiger charge is -2.07. The molecule has 2 heterocycles. The highest BCUT2D eigenvalue weighted by atomic mass is 32.1. The van der Waals surface area contributed by atoms with E-state index in [1.54, 1.807) is 11.7 Å². The quantitative estimate of drug-likeness (QED) is 0.403. The number of carbonyl (C=O) groups is 1. The van der Waals surface area contributed by atoms with Crippen molar-refractivity contribution in [1.29, 1.82) is 0 Å². The van der Waals surface area contributed by atoms with Crippen LogP contribution in [0.2, 0.25) is 0 Å². The van der Waals surface area contributed by atoms with E-state index in [-0.39, 0.29) is 12.5 Å². The highest BCUT2D eigenvalue weighted by Gasteiger charge is 2.16. The van der Waals surface area contributed by atoms with E-state index in [2.05, 4.69) is 20.5 Å². The van der Waals surface area contributed by atoms with E-state index >= 15 is 0 Å². The summed E-state index contributed by atoms with van der Waals surface area (Å²) in [6.45, 7) is 4.02. The molecule has 2 aromatic heterocycles. The molecule has 4 rings (SSSR count). The minimum absolute atomic E-state index is 0.0368. The number of thiazole rings is 1. The zero-order valence-electron chi connectivity index (χ0n) is 17.3. The van der Waals surface area contributed by atoms with Gasteiger partial charge in [0.15, 0.2) is 15.7 Å². The Kier molecular flexibility index (Phi) is 5.97. The molecule has 2 N–H and O–H groups in total. The van der Waals surface area contributed by atoms with Crippen molar-refractivity contribution in [2.24, 2.45) is 0 Å². The number of anilines is 1. The largest absolute Gasteiger partial charge is 0.497 e. The fraction of sp³-hybridized carbons (Fsp3) is 0.182. The molecule has 0 aliphatic rings. The average molecular weight is 452 g/mol. The molecule has 0 unspecified atom stereocenters. The number of rotatable bonds is 6. The molecule has 0 aliphatic heterocycles. The number of ether oxygens (including phenoxy) is 1. The minimum Gasteiger partial charge on any atom is -0.497 e. The van der Waals surface area contributed by atoms with Crippen molar-refractivity contribution in [1.82, 2.24) is 19.7 Å². The third-order valence-corrected chi connectivity index (χ3v) is 5.94. The Morgan fingerprint density at radius 2 is 1.97 bits per heavy atom. The summed E-state index contributed by atoms with van der Waals surface area (Å²) < 4.78 is 7.28. The summed E-state index contributed by atoms with van der Waals surface area (Å²) in [5, 5.41) is 10.5. The second-order valence-corrected chi connectivity index (χ2v) is 8.60. The summed E-state index contributed by atoms with van der Waals surface area (Å²) in [5.74, 6) is 1.19. The van der Waals surface area contributed by atoms with Gasteiger partial charge in [0.05, 0.1) is 12.8 Å². The number of carbonyl (C=O) groups excluding carboxylic acids is 1. The Hall–Kier alpha value is -3.30. The SMILES string of the molecule is COc1ccc(-c2nc(NC(=O)Cn3c(-c4cccc(C)c4)n[nH]c3=S)sc2C)cc1. The fourth-order valence-electron chi connectivity index (χ4n) is 3.24. The van der Waals surface area contributed by atoms with E-state index in [1.165, 1.54) is 11.3 Å². The second-order valence-electron chi connectivity index (χ2n) is 7.01. The maximum absolute atomic E-state index is 12.8. The number of H-pyrrole nitrogens is 1. The second kappa shape index (κ2) is 8.83. The maximum Gasteiger partial charge on any atom is 0.246 e. The summed E-state index contributed by atoms with van der Waals surface area (Å²) in [7, 11) is 1.63. The van der Waals surface area contributed by atoms with Gasteiger partial charge in [-0.2, -0.15) is 5.10 Å². The molecule has 0 fully saturated rings. The first-order valence-corrected chi connectivity index (χ1v) is 10.8. The molecule has 0 spiro atoms. The Labute approximate surface area is 188 Å². The molecule has 0 atom stereocenters. The Morgan fingerprint density at radius 3 is 2.68 bits per heavy atom. The molecule has 0 bridgehead atoms. The van der Waals surface area contributed by atoms with E-state index < -0.39 is 0 Å². The van der Waals surface area contributed by atoms with Crippen LogP contribution in [0.1, 0.15) is 10.4 Å². The van der Waals surface area contributed by atoms with Crippen molar-refractivity contribution >= 4 is 34.6 Å². The van der Waals surface area contributed by atoms with Crippen LogP contribution in [0.25, 0.3) is 22.6 Å². The van der Waals surface area contributed by atoms with E-state index in [4.69, 9.17) is 17.0 Å². The first-order valence-electron chi connectivity index (χ1n) is 9.58. The van der Waals surface area contributed by atoms with E-state index in [0.29, 0.717) is 15.7 Å². The van der Waals surface area contributed by atoms with Crippen molar-refractivity contribution in [2.45, 2.75) is 20.4 Å². The number of aromatic nitrogens is 4. The van der Waals surface area contributed by atoms with Crippen LogP contribution in [0, 0.1) is 18.6 Å². The smallest absolute Gasteiger partial charge is 0.246 e. The van der Waals surface area contributed by atoms with E-state index in [9.17, 15) is 4.79 Å². The standard InChI is InChI=1S/C22H21N5O2S2/c1-13-5-4-6-16(11-13)20-25-26-22(30)27(20)12-18(28)23-21-24-19(14(2)31-21)15-7-9-17(29-3)10-8-15/h4-11H,12H2,1-3H3,(H,26,30)(H,23,24,28). The number of nitrogens with one attached hydrogen (secondary N) is 2. The van der Waals surface area contributed by atoms with Gasteiger partial charge in [-0.05, 0) is 56.4 Å². The van der Waals surface area contributed by atoms with Crippen LogP contribution in [0.3, 0.4) is 0 Å². The number of benzene rings is 2. The van der Waals surface area contributed by atoms with Crippen LogP contribution >= 0.6 is 23.6 Å². The van der Waals surface area contributed by atoms with E-state index in [1.807, 2.05) is 62.4 Å². The average Bonchev–Trinajstić information content (AvgIpc) is 3.30. The molecule has 2 aromatic carbocycles. The topological polar surface area (TPSA) is 84.8 Å². The maximum atomic E-state index is 12.8. The summed E-state index contributed by atoms with van der Waals surface area (Å²) in [6.07, 6.45) is 0. The van der Waals surface area contributed by atoms with Gasteiger partial charge in [0.2, 0.25) is 5.91 Å². The normalized spacial score (nSPS) is 10.8. The Balaban J connectivity index is 1.53. The third kappa shape index (κ3) is 4.57. The highest BCUT2D eigenvalue weighted by Crippen LogP contribution is 2.31. The predicted molar refractivity (Wildman–Crippen MR) is 125 cm³/mol. The molecule has 9 heteroatoms. The number of amides is 1.